The predicted molar refractivity (Wildman–Crippen MR) is 58.4 cm³/mol. The van der Waals surface area contributed by atoms with Gasteiger partial charge < -0.3 is 5.32 Å². The van der Waals surface area contributed by atoms with E-state index in [2.05, 4.69) is 22.1 Å². The molecule has 2 rings (SSSR count). The predicted octanol–water partition coefficient (Wildman–Crippen LogP) is 2.35. The Labute approximate surface area is 88.3 Å². The number of carbonyl (C=O) groups is 1. The molecule has 0 radical (unpaired) electrons. The highest BCUT2D eigenvalue weighted by atomic mass is 32.1. The topological polar surface area (TPSA) is 29.1 Å². The zero-order valence-electron chi connectivity index (χ0n) is 8.16. The van der Waals surface area contributed by atoms with Gasteiger partial charge in [0, 0.05) is 12.5 Å². The first-order chi connectivity index (χ1) is 6.84. The molecule has 1 atom stereocenters. The Morgan fingerprint density at radius 3 is 3.21 bits per heavy atom. The van der Waals surface area contributed by atoms with E-state index in [0.717, 1.165) is 19.3 Å². The van der Waals surface area contributed by atoms with Gasteiger partial charge in [-0.25, -0.2) is 0 Å². The number of hydrogen-bond donors (Lipinski definition) is 1. The van der Waals surface area contributed by atoms with E-state index in [1.54, 1.807) is 11.3 Å². The lowest BCUT2D eigenvalue weighted by molar-refractivity contribution is -0.121. The van der Waals surface area contributed by atoms with Gasteiger partial charge in [-0.15, -0.1) is 0 Å². The number of thiophene rings is 1. The molecule has 0 saturated carbocycles. The first-order valence-electron chi connectivity index (χ1n) is 5.15. The lowest BCUT2D eigenvalue weighted by atomic mass is 10.0. The second-order valence-electron chi connectivity index (χ2n) is 3.85. The smallest absolute Gasteiger partial charge is 0.220 e. The van der Waals surface area contributed by atoms with Gasteiger partial charge in [0.1, 0.15) is 0 Å². The molecule has 1 aromatic rings. The van der Waals surface area contributed by atoms with Crippen molar-refractivity contribution in [3.05, 3.63) is 22.4 Å². The second-order valence-corrected chi connectivity index (χ2v) is 4.63. The summed E-state index contributed by atoms with van der Waals surface area (Å²) in [6, 6.07) is 2.50. The molecule has 0 aliphatic carbocycles. The summed E-state index contributed by atoms with van der Waals surface area (Å²) >= 11 is 1.72. The fourth-order valence-electron chi connectivity index (χ4n) is 1.89. The largest absolute Gasteiger partial charge is 0.353 e. The van der Waals surface area contributed by atoms with Gasteiger partial charge in [0.05, 0.1) is 0 Å². The Morgan fingerprint density at radius 1 is 1.50 bits per heavy atom. The molecule has 1 fully saturated rings. The third-order valence-corrected chi connectivity index (χ3v) is 3.37. The fourth-order valence-corrected chi connectivity index (χ4v) is 2.58. The van der Waals surface area contributed by atoms with Crippen molar-refractivity contribution in [3.8, 4) is 0 Å². The third kappa shape index (κ3) is 2.58. The number of hydrogen-bond acceptors (Lipinski definition) is 2. The Bertz CT molecular complexity index is 294. The van der Waals surface area contributed by atoms with E-state index >= 15 is 0 Å². The lowest BCUT2D eigenvalue weighted by Gasteiger charge is -2.14. The summed E-state index contributed by atoms with van der Waals surface area (Å²) in [5, 5.41) is 7.34. The van der Waals surface area contributed by atoms with E-state index in [1.807, 2.05) is 0 Å². The molecule has 3 heteroatoms. The van der Waals surface area contributed by atoms with Gasteiger partial charge in [-0.1, -0.05) is 6.42 Å². The van der Waals surface area contributed by atoms with Crippen LogP contribution in [0, 0.1) is 0 Å². The molecule has 1 aromatic heterocycles. The maximum Gasteiger partial charge on any atom is 0.220 e. The van der Waals surface area contributed by atoms with E-state index in [4.69, 9.17) is 0 Å². The summed E-state index contributed by atoms with van der Waals surface area (Å²) in [5.41, 5.74) is 1.35. The van der Waals surface area contributed by atoms with Crippen LogP contribution in [0.1, 0.15) is 31.2 Å². The summed E-state index contributed by atoms with van der Waals surface area (Å²) < 4.78 is 0. The average molecular weight is 209 g/mol. The van der Waals surface area contributed by atoms with E-state index < -0.39 is 0 Å². The molecule has 2 heterocycles. The maximum absolute atomic E-state index is 11.3. The molecule has 2 nitrogen and oxygen atoms in total. The van der Waals surface area contributed by atoms with Crippen molar-refractivity contribution in [1.82, 2.24) is 5.32 Å². The first-order valence-corrected chi connectivity index (χ1v) is 6.09. The van der Waals surface area contributed by atoms with Crippen LogP contribution in [0.3, 0.4) is 0 Å². The van der Waals surface area contributed by atoms with Crippen molar-refractivity contribution in [2.75, 3.05) is 0 Å². The summed E-state index contributed by atoms with van der Waals surface area (Å²) in [7, 11) is 0. The van der Waals surface area contributed by atoms with Crippen molar-refractivity contribution in [1.29, 1.82) is 0 Å². The minimum Gasteiger partial charge on any atom is -0.353 e. The molecule has 0 aromatic carbocycles. The highest BCUT2D eigenvalue weighted by Gasteiger charge is 2.16. The van der Waals surface area contributed by atoms with Crippen LogP contribution >= 0.6 is 11.3 Å². The summed E-state index contributed by atoms with van der Waals surface area (Å²) in [5.74, 6) is 0.225. The van der Waals surface area contributed by atoms with Crippen LogP contribution in [-0.4, -0.2) is 11.9 Å². The normalized spacial score (nSPS) is 22.9. The van der Waals surface area contributed by atoms with E-state index in [1.165, 1.54) is 12.0 Å². The Balaban J connectivity index is 1.93. The maximum atomic E-state index is 11.3. The van der Waals surface area contributed by atoms with Gasteiger partial charge in [-0.05, 0) is 41.7 Å². The Kier molecular flexibility index (Phi) is 3.19. The van der Waals surface area contributed by atoms with Crippen LogP contribution < -0.4 is 5.32 Å². The molecule has 1 N–H and O–H groups in total. The van der Waals surface area contributed by atoms with Crippen LogP contribution in [0.25, 0.3) is 0 Å². The van der Waals surface area contributed by atoms with Gasteiger partial charge in [0.25, 0.3) is 0 Å². The minimum atomic E-state index is 0.225. The minimum absolute atomic E-state index is 0.225. The van der Waals surface area contributed by atoms with Crippen molar-refractivity contribution in [2.45, 2.75) is 38.1 Å². The molecule has 0 spiro atoms. The average Bonchev–Trinajstić information content (AvgIpc) is 2.56. The van der Waals surface area contributed by atoms with Crippen LogP contribution in [0.5, 0.6) is 0 Å². The van der Waals surface area contributed by atoms with E-state index in [9.17, 15) is 4.79 Å². The first kappa shape index (κ1) is 9.71. The molecule has 1 aliphatic rings. The number of carbonyl (C=O) groups excluding carboxylic acids is 1. The van der Waals surface area contributed by atoms with Gasteiger partial charge >= 0.3 is 0 Å². The van der Waals surface area contributed by atoms with E-state index in [0.29, 0.717) is 12.5 Å². The van der Waals surface area contributed by atoms with Gasteiger partial charge in [0.15, 0.2) is 0 Å². The quantitative estimate of drug-likeness (QED) is 0.796. The number of amides is 1. The fraction of sp³-hybridized carbons (Fsp3) is 0.545. The molecular formula is C11H15NOS. The summed E-state index contributed by atoms with van der Waals surface area (Å²) in [6.07, 6.45) is 5.05. The van der Waals surface area contributed by atoms with Crippen LogP contribution in [0.4, 0.5) is 0 Å². The molecule has 0 bridgehead atoms. The summed E-state index contributed by atoms with van der Waals surface area (Å²) in [4.78, 5) is 11.3. The van der Waals surface area contributed by atoms with Gasteiger partial charge in [0.2, 0.25) is 5.91 Å². The molecule has 1 amide bonds. The Morgan fingerprint density at radius 2 is 2.43 bits per heavy atom. The number of nitrogens with one attached hydrogen (secondary N) is 1. The Hall–Kier alpha value is -0.830. The monoisotopic (exact) mass is 209 g/mol. The molecule has 1 unspecified atom stereocenters. The van der Waals surface area contributed by atoms with Crippen molar-refractivity contribution in [3.63, 3.8) is 0 Å². The second kappa shape index (κ2) is 4.60. The van der Waals surface area contributed by atoms with Crippen molar-refractivity contribution >= 4 is 17.2 Å². The van der Waals surface area contributed by atoms with Crippen LogP contribution in [-0.2, 0) is 11.2 Å². The van der Waals surface area contributed by atoms with Gasteiger partial charge in [-0.2, -0.15) is 11.3 Å². The highest BCUT2D eigenvalue weighted by Crippen LogP contribution is 2.15. The zero-order valence-corrected chi connectivity index (χ0v) is 8.98. The third-order valence-electron chi connectivity index (χ3n) is 2.63. The number of rotatable bonds is 2. The van der Waals surface area contributed by atoms with Crippen LogP contribution in [0.2, 0.25) is 0 Å². The molecular weight excluding hydrogens is 194 g/mol. The standard InChI is InChI=1S/C11H15NOS/c13-11-4-2-1-3-10(12-11)7-9-5-6-14-8-9/h5-6,8,10H,1-4,7H2,(H,12,13). The molecule has 1 saturated heterocycles. The van der Waals surface area contributed by atoms with Crippen LogP contribution in [0.15, 0.2) is 16.8 Å². The molecule has 14 heavy (non-hydrogen) atoms. The molecule has 76 valence electrons. The van der Waals surface area contributed by atoms with Crippen molar-refractivity contribution < 1.29 is 4.79 Å². The highest BCUT2D eigenvalue weighted by molar-refractivity contribution is 7.07. The molecule has 1 aliphatic heterocycles. The van der Waals surface area contributed by atoms with E-state index in [-0.39, 0.29) is 5.91 Å². The van der Waals surface area contributed by atoms with Gasteiger partial charge in [-0.3, -0.25) is 4.79 Å². The lowest BCUT2D eigenvalue weighted by Crippen LogP contribution is -2.34. The summed E-state index contributed by atoms with van der Waals surface area (Å²) in [6.45, 7) is 0. The van der Waals surface area contributed by atoms with Crippen molar-refractivity contribution in [2.24, 2.45) is 0 Å². The SMILES string of the molecule is O=C1CCCCC(Cc2ccsc2)N1. The zero-order chi connectivity index (χ0) is 9.80.